The van der Waals surface area contributed by atoms with Crippen LogP contribution in [0.1, 0.15) is 11.1 Å². The van der Waals surface area contributed by atoms with Crippen molar-refractivity contribution < 1.29 is 4.74 Å². The van der Waals surface area contributed by atoms with Crippen molar-refractivity contribution in [2.45, 2.75) is 0 Å². The molecule has 3 heteroatoms. The molecule has 2 nitrogen and oxygen atoms in total. The van der Waals surface area contributed by atoms with Gasteiger partial charge in [-0.1, -0.05) is 41.8 Å². The summed E-state index contributed by atoms with van der Waals surface area (Å²) in [4.78, 5) is 0. The summed E-state index contributed by atoms with van der Waals surface area (Å²) in [5.41, 5.74) is 2.24. The lowest BCUT2D eigenvalue weighted by molar-refractivity contribution is 0.370. The molecule has 0 radical (unpaired) electrons. The summed E-state index contributed by atoms with van der Waals surface area (Å²) in [6, 6.07) is 16.8. The zero-order valence-corrected chi connectivity index (χ0v) is 12.0. The van der Waals surface area contributed by atoms with Gasteiger partial charge in [-0.2, -0.15) is 5.26 Å². The van der Waals surface area contributed by atoms with Crippen molar-refractivity contribution in [3.05, 3.63) is 64.7 Å². The minimum Gasteiger partial charge on any atom is -0.481 e. The van der Waals surface area contributed by atoms with Gasteiger partial charge in [0.15, 0.2) is 0 Å². The zero-order valence-electron chi connectivity index (χ0n) is 11.2. The van der Waals surface area contributed by atoms with Crippen LogP contribution in [-0.4, -0.2) is 6.61 Å². The molecule has 2 rings (SSSR count). The topological polar surface area (TPSA) is 33.0 Å². The molecule has 0 spiro atoms. The normalized spacial score (nSPS) is 10.5. The van der Waals surface area contributed by atoms with E-state index in [1.807, 2.05) is 36.4 Å². The smallest absolute Gasteiger partial charge is 0.148 e. The fraction of sp³-hybridized carbons (Fsp3) is 0.0556. The Morgan fingerprint density at radius 1 is 1.24 bits per heavy atom. The Bertz CT molecular complexity index is 733. The van der Waals surface area contributed by atoms with E-state index < -0.39 is 0 Å². The summed E-state index contributed by atoms with van der Waals surface area (Å²) in [6.07, 6.45) is 6.96. The summed E-state index contributed by atoms with van der Waals surface area (Å²) >= 11 is 5.85. The molecule has 0 bridgehead atoms. The maximum atomic E-state index is 9.31. The number of ether oxygens (including phenoxy) is 1. The molecule has 0 aliphatic carbocycles. The highest BCUT2D eigenvalue weighted by Crippen LogP contribution is 2.22. The molecule has 0 amide bonds. The van der Waals surface area contributed by atoms with E-state index in [1.165, 1.54) is 0 Å². The van der Waals surface area contributed by atoms with Crippen molar-refractivity contribution >= 4 is 23.3 Å². The molecular weight excluding hydrogens is 282 g/mol. The number of nitrogens with zero attached hydrogens (tertiary/aromatic N) is 1. The van der Waals surface area contributed by atoms with Gasteiger partial charge in [0.05, 0.1) is 11.6 Å². The molecule has 0 aliphatic rings. The second kappa shape index (κ2) is 7.20. The van der Waals surface area contributed by atoms with Gasteiger partial charge < -0.3 is 4.74 Å². The van der Waals surface area contributed by atoms with Crippen molar-refractivity contribution in [1.82, 2.24) is 0 Å². The van der Waals surface area contributed by atoms with Crippen molar-refractivity contribution in [1.29, 1.82) is 5.26 Å². The van der Waals surface area contributed by atoms with Crippen LogP contribution in [-0.2, 0) is 0 Å². The molecule has 0 heterocycles. The Hall–Kier alpha value is -2.68. The van der Waals surface area contributed by atoms with Crippen LogP contribution in [0.5, 0.6) is 5.75 Å². The molecule has 2 aromatic carbocycles. The minimum atomic E-state index is 0.218. The van der Waals surface area contributed by atoms with E-state index in [4.69, 9.17) is 22.8 Å². The van der Waals surface area contributed by atoms with E-state index >= 15 is 0 Å². The largest absolute Gasteiger partial charge is 0.481 e. The van der Waals surface area contributed by atoms with E-state index in [9.17, 15) is 5.26 Å². The van der Waals surface area contributed by atoms with Crippen molar-refractivity contribution in [2.24, 2.45) is 0 Å². The molecule has 102 valence electrons. The molecule has 0 fully saturated rings. The SMILES string of the molecule is C#CCOc1cccc(/C=C(/C#N)c2ccc(Cl)cc2)c1. The highest BCUT2D eigenvalue weighted by molar-refractivity contribution is 6.30. The molecule has 0 aliphatic heterocycles. The predicted molar refractivity (Wildman–Crippen MR) is 85.7 cm³/mol. The number of hydrogen-bond donors (Lipinski definition) is 0. The lowest BCUT2D eigenvalue weighted by atomic mass is 10.0. The lowest BCUT2D eigenvalue weighted by Gasteiger charge is -2.04. The van der Waals surface area contributed by atoms with Gasteiger partial charge in [-0.05, 0) is 41.5 Å². The maximum Gasteiger partial charge on any atom is 0.148 e. The first-order valence-electron chi connectivity index (χ1n) is 6.27. The Morgan fingerprint density at radius 3 is 2.67 bits per heavy atom. The number of terminal acetylenes is 1. The molecule has 0 aromatic heterocycles. The first-order chi connectivity index (χ1) is 10.2. The summed E-state index contributed by atoms with van der Waals surface area (Å²) < 4.78 is 5.37. The van der Waals surface area contributed by atoms with Gasteiger partial charge in [0.2, 0.25) is 0 Å². The standard InChI is InChI=1S/C18H12ClNO/c1-2-10-21-18-5-3-4-14(12-18)11-16(13-20)15-6-8-17(19)9-7-15/h1,3-9,11-12H,10H2/b16-11-. The van der Waals surface area contributed by atoms with Crippen molar-refractivity contribution in [2.75, 3.05) is 6.61 Å². The Balaban J connectivity index is 2.30. The van der Waals surface area contributed by atoms with Crippen LogP contribution in [0.2, 0.25) is 5.02 Å². The van der Waals surface area contributed by atoms with Crippen LogP contribution in [0.15, 0.2) is 48.5 Å². The fourth-order valence-corrected chi connectivity index (χ4v) is 1.92. The third kappa shape index (κ3) is 4.14. The Kier molecular flexibility index (Phi) is 5.04. The Labute approximate surface area is 129 Å². The van der Waals surface area contributed by atoms with Gasteiger partial charge in [0, 0.05) is 5.02 Å². The van der Waals surface area contributed by atoms with Gasteiger partial charge >= 0.3 is 0 Å². The van der Waals surface area contributed by atoms with Crippen molar-refractivity contribution in [3.63, 3.8) is 0 Å². The molecule has 21 heavy (non-hydrogen) atoms. The van der Waals surface area contributed by atoms with Crippen LogP contribution < -0.4 is 4.74 Å². The molecule has 0 unspecified atom stereocenters. The molecule has 0 saturated carbocycles. The first kappa shape index (κ1) is 14.7. The van der Waals surface area contributed by atoms with E-state index in [0.29, 0.717) is 16.3 Å². The predicted octanol–water partition coefficient (Wildman–Crippen LogP) is 4.42. The highest BCUT2D eigenvalue weighted by Gasteiger charge is 2.02. The second-order valence-electron chi connectivity index (χ2n) is 4.24. The quantitative estimate of drug-likeness (QED) is 0.475. The number of rotatable bonds is 4. The van der Waals surface area contributed by atoms with Crippen LogP contribution in [0, 0.1) is 23.7 Å². The number of halogens is 1. The summed E-state index contributed by atoms with van der Waals surface area (Å²) in [6.45, 7) is 0.218. The molecule has 0 atom stereocenters. The van der Waals surface area contributed by atoms with E-state index in [0.717, 1.165) is 11.1 Å². The van der Waals surface area contributed by atoms with Gasteiger partial charge in [0.1, 0.15) is 12.4 Å². The fourth-order valence-electron chi connectivity index (χ4n) is 1.80. The third-order valence-electron chi connectivity index (χ3n) is 2.77. The summed E-state index contributed by atoms with van der Waals surface area (Å²) in [5, 5.41) is 9.95. The lowest BCUT2D eigenvalue weighted by Crippen LogP contribution is -1.93. The molecule has 0 N–H and O–H groups in total. The van der Waals surface area contributed by atoms with E-state index in [1.54, 1.807) is 18.2 Å². The summed E-state index contributed by atoms with van der Waals surface area (Å²) in [7, 11) is 0. The number of hydrogen-bond acceptors (Lipinski definition) is 2. The summed E-state index contributed by atoms with van der Waals surface area (Å²) in [5.74, 6) is 3.09. The average Bonchev–Trinajstić information content (AvgIpc) is 2.52. The van der Waals surface area contributed by atoms with Crippen LogP contribution >= 0.6 is 11.6 Å². The van der Waals surface area contributed by atoms with Gasteiger partial charge in [0.25, 0.3) is 0 Å². The molecule has 2 aromatic rings. The Morgan fingerprint density at radius 2 is 2.00 bits per heavy atom. The zero-order chi connectivity index (χ0) is 15.1. The third-order valence-corrected chi connectivity index (χ3v) is 3.02. The second-order valence-corrected chi connectivity index (χ2v) is 4.68. The van der Waals surface area contributed by atoms with Crippen LogP contribution in [0.4, 0.5) is 0 Å². The average molecular weight is 294 g/mol. The number of allylic oxidation sites excluding steroid dienone is 1. The van der Waals surface area contributed by atoms with Gasteiger partial charge in [-0.25, -0.2) is 0 Å². The molecular formula is C18H12ClNO. The monoisotopic (exact) mass is 293 g/mol. The maximum absolute atomic E-state index is 9.31. The minimum absolute atomic E-state index is 0.218. The van der Waals surface area contributed by atoms with E-state index in [-0.39, 0.29) is 6.61 Å². The molecule has 0 saturated heterocycles. The van der Waals surface area contributed by atoms with Crippen molar-refractivity contribution in [3.8, 4) is 24.2 Å². The van der Waals surface area contributed by atoms with Crippen LogP contribution in [0.25, 0.3) is 11.6 Å². The number of nitriles is 1. The van der Waals surface area contributed by atoms with Gasteiger partial charge in [-0.3, -0.25) is 0 Å². The number of benzene rings is 2. The van der Waals surface area contributed by atoms with Gasteiger partial charge in [-0.15, -0.1) is 6.42 Å². The van der Waals surface area contributed by atoms with Crippen LogP contribution in [0.3, 0.4) is 0 Å². The highest BCUT2D eigenvalue weighted by atomic mass is 35.5. The first-order valence-corrected chi connectivity index (χ1v) is 6.65. The van der Waals surface area contributed by atoms with E-state index in [2.05, 4.69) is 12.0 Å².